The number of carbonyl (C=O) groups is 1. The molecule has 0 radical (unpaired) electrons. The van der Waals surface area contributed by atoms with E-state index in [0.29, 0.717) is 24.7 Å². The minimum Gasteiger partial charge on any atom is -0.468 e. The number of anilines is 1. The van der Waals surface area contributed by atoms with Crippen molar-refractivity contribution in [3.05, 3.63) is 77.1 Å². The molecule has 2 heterocycles. The van der Waals surface area contributed by atoms with Gasteiger partial charge in [0.15, 0.2) is 0 Å². The van der Waals surface area contributed by atoms with Gasteiger partial charge in [-0.05, 0) is 55.0 Å². The van der Waals surface area contributed by atoms with Gasteiger partial charge in [-0.25, -0.2) is 0 Å². The number of nitrogens with zero attached hydrogens (tertiary/aromatic N) is 3. The van der Waals surface area contributed by atoms with Crippen LogP contribution in [0.15, 0.2) is 63.8 Å². The Morgan fingerprint density at radius 3 is 2.28 bits per heavy atom. The summed E-state index contributed by atoms with van der Waals surface area (Å²) in [6, 6.07) is 14.9. The van der Waals surface area contributed by atoms with Crippen LogP contribution in [-0.2, 0) is 17.9 Å². The Kier molecular flexibility index (Phi) is 7.12. The number of benzene rings is 1. The minimum absolute atomic E-state index is 0.111. The molecule has 3 aromatic rings. The third-order valence-electron chi connectivity index (χ3n) is 4.48. The van der Waals surface area contributed by atoms with Crippen LogP contribution < -0.4 is 4.90 Å². The minimum atomic E-state index is -0.111. The Hall–Kier alpha value is -3.01. The lowest BCUT2D eigenvalue weighted by molar-refractivity contribution is -0.120. The predicted molar refractivity (Wildman–Crippen MR) is 110 cm³/mol. The lowest BCUT2D eigenvalue weighted by Gasteiger charge is -2.26. The monoisotopic (exact) mass is 411 g/mol. The third-order valence-corrected chi connectivity index (χ3v) is 4.90. The SMILES string of the molecule is Cc1cc(N(CCC#N)C(=O)CN(Cc2ccco2)Cc2ccco2)ccc1Cl. The summed E-state index contributed by atoms with van der Waals surface area (Å²) < 4.78 is 10.9. The van der Waals surface area contributed by atoms with E-state index in [1.807, 2.05) is 42.2 Å². The molecule has 150 valence electrons. The van der Waals surface area contributed by atoms with Crippen LogP contribution in [0.5, 0.6) is 0 Å². The zero-order chi connectivity index (χ0) is 20.6. The van der Waals surface area contributed by atoms with Gasteiger partial charge in [0.2, 0.25) is 5.91 Å². The van der Waals surface area contributed by atoms with Crippen molar-refractivity contribution in [3.63, 3.8) is 0 Å². The largest absolute Gasteiger partial charge is 0.468 e. The highest BCUT2D eigenvalue weighted by molar-refractivity contribution is 6.31. The maximum Gasteiger partial charge on any atom is 0.241 e. The molecular weight excluding hydrogens is 390 g/mol. The zero-order valence-electron chi connectivity index (χ0n) is 16.2. The Morgan fingerprint density at radius 1 is 1.10 bits per heavy atom. The number of halogens is 1. The highest BCUT2D eigenvalue weighted by atomic mass is 35.5. The number of hydrogen-bond acceptors (Lipinski definition) is 5. The first-order chi connectivity index (χ1) is 14.1. The molecule has 0 spiro atoms. The molecule has 29 heavy (non-hydrogen) atoms. The maximum absolute atomic E-state index is 13.2. The van der Waals surface area contributed by atoms with Crippen molar-refractivity contribution >= 4 is 23.2 Å². The fourth-order valence-electron chi connectivity index (χ4n) is 3.05. The molecule has 1 aromatic carbocycles. The molecule has 1 amide bonds. The van der Waals surface area contributed by atoms with Crippen molar-refractivity contribution in [1.29, 1.82) is 5.26 Å². The molecule has 0 aliphatic rings. The number of rotatable bonds is 9. The van der Waals surface area contributed by atoms with Gasteiger partial charge < -0.3 is 13.7 Å². The summed E-state index contributed by atoms with van der Waals surface area (Å²) in [5.41, 5.74) is 1.60. The zero-order valence-corrected chi connectivity index (χ0v) is 16.9. The second-order valence-corrected chi connectivity index (χ2v) is 7.10. The number of furan rings is 2. The Morgan fingerprint density at radius 2 is 1.76 bits per heavy atom. The van der Waals surface area contributed by atoms with E-state index in [1.165, 1.54) is 0 Å². The van der Waals surface area contributed by atoms with Crippen LogP contribution >= 0.6 is 11.6 Å². The van der Waals surface area contributed by atoms with Crippen LogP contribution in [0.25, 0.3) is 0 Å². The van der Waals surface area contributed by atoms with E-state index in [0.717, 1.165) is 22.8 Å². The van der Waals surface area contributed by atoms with Crippen LogP contribution in [0.2, 0.25) is 5.02 Å². The summed E-state index contributed by atoms with van der Waals surface area (Å²) in [5.74, 6) is 1.41. The van der Waals surface area contributed by atoms with Gasteiger partial charge >= 0.3 is 0 Å². The summed E-state index contributed by atoms with van der Waals surface area (Å²) in [4.78, 5) is 16.8. The van der Waals surface area contributed by atoms with Crippen molar-refractivity contribution in [2.75, 3.05) is 18.0 Å². The summed E-state index contributed by atoms with van der Waals surface area (Å²) in [6.45, 7) is 3.27. The second-order valence-electron chi connectivity index (χ2n) is 6.69. The quantitative estimate of drug-likeness (QED) is 0.506. The molecule has 2 aromatic heterocycles. The highest BCUT2D eigenvalue weighted by Crippen LogP contribution is 2.23. The number of aryl methyl sites for hydroxylation is 1. The van der Waals surface area contributed by atoms with Crippen molar-refractivity contribution in [2.24, 2.45) is 0 Å². The molecule has 3 rings (SSSR count). The van der Waals surface area contributed by atoms with E-state index < -0.39 is 0 Å². The fraction of sp³-hybridized carbons (Fsp3) is 0.273. The molecule has 0 saturated heterocycles. The van der Waals surface area contributed by atoms with Crippen LogP contribution in [0, 0.1) is 18.3 Å². The molecule has 0 aliphatic carbocycles. The summed E-state index contributed by atoms with van der Waals surface area (Å²) >= 11 is 6.13. The van der Waals surface area contributed by atoms with Gasteiger partial charge in [-0.3, -0.25) is 9.69 Å². The molecule has 0 aliphatic heterocycles. The molecule has 0 unspecified atom stereocenters. The van der Waals surface area contributed by atoms with Gasteiger partial charge in [0.25, 0.3) is 0 Å². The average Bonchev–Trinajstić information content (AvgIpc) is 3.39. The number of hydrogen-bond donors (Lipinski definition) is 0. The number of carbonyl (C=O) groups excluding carboxylic acids is 1. The molecule has 0 N–H and O–H groups in total. The molecule has 0 atom stereocenters. The molecule has 6 nitrogen and oxygen atoms in total. The Bertz CT molecular complexity index is 926. The van der Waals surface area contributed by atoms with Crippen LogP contribution in [-0.4, -0.2) is 23.9 Å². The van der Waals surface area contributed by atoms with E-state index in [9.17, 15) is 4.79 Å². The van der Waals surface area contributed by atoms with Crippen molar-refractivity contribution in [3.8, 4) is 6.07 Å². The van der Waals surface area contributed by atoms with E-state index >= 15 is 0 Å². The lowest BCUT2D eigenvalue weighted by atomic mass is 10.2. The van der Waals surface area contributed by atoms with Crippen molar-refractivity contribution in [2.45, 2.75) is 26.4 Å². The van der Waals surface area contributed by atoms with E-state index in [-0.39, 0.29) is 18.9 Å². The first-order valence-corrected chi connectivity index (χ1v) is 9.65. The summed E-state index contributed by atoms with van der Waals surface area (Å²) in [5, 5.41) is 9.66. The lowest BCUT2D eigenvalue weighted by Crippen LogP contribution is -2.40. The first kappa shape index (κ1) is 20.7. The molecule has 0 fully saturated rings. The molecule has 0 bridgehead atoms. The molecular formula is C22H22ClN3O3. The normalized spacial score (nSPS) is 10.8. The average molecular weight is 412 g/mol. The van der Waals surface area contributed by atoms with E-state index in [1.54, 1.807) is 29.6 Å². The summed E-state index contributed by atoms with van der Waals surface area (Å²) in [6.07, 6.45) is 3.46. The van der Waals surface area contributed by atoms with E-state index in [2.05, 4.69) is 6.07 Å². The van der Waals surface area contributed by atoms with Crippen molar-refractivity contribution < 1.29 is 13.6 Å². The summed E-state index contributed by atoms with van der Waals surface area (Å²) in [7, 11) is 0. The maximum atomic E-state index is 13.2. The van der Waals surface area contributed by atoms with Crippen LogP contribution in [0.3, 0.4) is 0 Å². The molecule has 0 saturated carbocycles. The van der Waals surface area contributed by atoms with Gasteiger partial charge in [-0.2, -0.15) is 5.26 Å². The van der Waals surface area contributed by atoms with Gasteiger partial charge in [0.1, 0.15) is 11.5 Å². The first-order valence-electron chi connectivity index (χ1n) is 9.27. The smallest absolute Gasteiger partial charge is 0.241 e. The fourth-order valence-corrected chi connectivity index (χ4v) is 3.16. The van der Waals surface area contributed by atoms with Gasteiger partial charge in [0.05, 0.1) is 44.7 Å². The number of nitriles is 1. The number of amides is 1. The van der Waals surface area contributed by atoms with Crippen molar-refractivity contribution in [1.82, 2.24) is 4.90 Å². The second kappa shape index (κ2) is 9.97. The topological polar surface area (TPSA) is 73.6 Å². The van der Waals surface area contributed by atoms with Gasteiger partial charge in [-0.1, -0.05) is 11.6 Å². The Balaban J connectivity index is 1.79. The third kappa shape index (κ3) is 5.74. The highest BCUT2D eigenvalue weighted by Gasteiger charge is 2.21. The van der Waals surface area contributed by atoms with Gasteiger partial charge in [-0.15, -0.1) is 0 Å². The van der Waals surface area contributed by atoms with Crippen LogP contribution in [0.1, 0.15) is 23.5 Å². The standard InChI is InChI=1S/C22H22ClN3O3/c1-17-13-18(7-8-21(17)23)26(10-4-9-24)22(27)16-25(14-19-5-2-11-28-19)15-20-6-3-12-29-20/h2-3,5-8,11-13H,4,10,14-16H2,1H3. The van der Waals surface area contributed by atoms with Gasteiger partial charge in [0, 0.05) is 17.3 Å². The molecule has 7 heteroatoms. The Labute approximate surface area is 174 Å². The van der Waals surface area contributed by atoms with Crippen LogP contribution in [0.4, 0.5) is 5.69 Å². The predicted octanol–water partition coefficient (Wildman–Crippen LogP) is 4.78. The van der Waals surface area contributed by atoms with E-state index in [4.69, 9.17) is 25.7 Å².